The molecular weight excluding hydrogens is 344 g/mol. The minimum atomic E-state index is -0.723. The zero-order valence-corrected chi connectivity index (χ0v) is 16.2. The van der Waals surface area contributed by atoms with Crippen LogP contribution in [-0.4, -0.2) is 53.2 Å². The van der Waals surface area contributed by atoms with E-state index in [0.29, 0.717) is 18.4 Å². The zero-order chi connectivity index (χ0) is 19.4. The van der Waals surface area contributed by atoms with E-state index in [4.69, 9.17) is 9.84 Å². The van der Waals surface area contributed by atoms with Gasteiger partial charge in [0.2, 0.25) is 0 Å². The first-order chi connectivity index (χ1) is 12.9. The predicted octanol–water partition coefficient (Wildman–Crippen LogP) is 2.67. The SMILES string of the molecule is C[C@H]1CN(Cc2ccc(C(=O)NC3CCC(C(=O)O)CC3)cc2)C[C@H](C)O1. The van der Waals surface area contributed by atoms with Crippen molar-refractivity contribution in [3.05, 3.63) is 35.4 Å². The van der Waals surface area contributed by atoms with E-state index < -0.39 is 5.97 Å². The highest BCUT2D eigenvalue weighted by atomic mass is 16.5. The lowest BCUT2D eigenvalue weighted by Gasteiger charge is -2.35. The van der Waals surface area contributed by atoms with Crippen molar-refractivity contribution in [3.8, 4) is 0 Å². The smallest absolute Gasteiger partial charge is 0.306 e. The summed E-state index contributed by atoms with van der Waals surface area (Å²) < 4.78 is 5.77. The third-order valence-corrected chi connectivity index (χ3v) is 5.53. The zero-order valence-electron chi connectivity index (χ0n) is 16.2. The molecule has 2 atom stereocenters. The van der Waals surface area contributed by atoms with Crippen LogP contribution in [0.5, 0.6) is 0 Å². The molecule has 1 heterocycles. The van der Waals surface area contributed by atoms with Crippen molar-refractivity contribution in [1.29, 1.82) is 0 Å². The van der Waals surface area contributed by atoms with Gasteiger partial charge in [-0.2, -0.15) is 0 Å². The first-order valence-corrected chi connectivity index (χ1v) is 9.91. The Morgan fingerprint density at radius 2 is 1.67 bits per heavy atom. The molecule has 0 spiro atoms. The van der Waals surface area contributed by atoms with E-state index in [1.807, 2.05) is 24.3 Å². The summed E-state index contributed by atoms with van der Waals surface area (Å²) in [6, 6.07) is 7.85. The summed E-state index contributed by atoms with van der Waals surface area (Å²) in [6.45, 7) is 6.90. The lowest BCUT2D eigenvalue weighted by Crippen LogP contribution is -2.44. The van der Waals surface area contributed by atoms with Crippen molar-refractivity contribution >= 4 is 11.9 Å². The van der Waals surface area contributed by atoms with E-state index in [2.05, 4.69) is 24.1 Å². The fraction of sp³-hybridized carbons (Fsp3) is 0.619. The molecule has 1 aliphatic heterocycles. The molecule has 0 bridgehead atoms. The Bertz CT molecular complexity index is 643. The topological polar surface area (TPSA) is 78.9 Å². The van der Waals surface area contributed by atoms with Gasteiger partial charge in [0.25, 0.3) is 5.91 Å². The lowest BCUT2D eigenvalue weighted by atomic mass is 9.86. The molecule has 2 fully saturated rings. The van der Waals surface area contributed by atoms with Crippen LogP contribution in [0.25, 0.3) is 0 Å². The number of rotatable bonds is 5. The van der Waals surface area contributed by atoms with Crippen LogP contribution in [0.3, 0.4) is 0 Å². The van der Waals surface area contributed by atoms with Gasteiger partial charge in [0.05, 0.1) is 18.1 Å². The van der Waals surface area contributed by atoms with Crippen molar-refractivity contribution < 1.29 is 19.4 Å². The van der Waals surface area contributed by atoms with Gasteiger partial charge in [-0.25, -0.2) is 0 Å². The van der Waals surface area contributed by atoms with Crippen LogP contribution in [0, 0.1) is 5.92 Å². The number of hydrogen-bond acceptors (Lipinski definition) is 4. The summed E-state index contributed by atoms with van der Waals surface area (Å²) in [4.78, 5) is 25.9. The number of morpholine rings is 1. The number of carboxylic acids is 1. The normalized spacial score (nSPS) is 29.3. The molecule has 0 radical (unpaired) electrons. The van der Waals surface area contributed by atoms with Crippen LogP contribution in [0.15, 0.2) is 24.3 Å². The second-order valence-electron chi connectivity index (χ2n) is 8.01. The molecule has 1 aliphatic carbocycles. The fourth-order valence-electron chi connectivity index (χ4n) is 4.19. The number of hydrogen-bond donors (Lipinski definition) is 2. The molecule has 2 aliphatic rings. The number of carbonyl (C=O) groups is 2. The van der Waals surface area contributed by atoms with E-state index in [1.165, 1.54) is 5.56 Å². The lowest BCUT2D eigenvalue weighted by molar-refractivity contribution is -0.142. The molecule has 0 unspecified atom stereocenters. The van der Waals surface area contributed by atoms with Gasteiger partial charge in [0.1, 0.15) is 0 Å². The molecule has 27 heavy (non-hydrogen) atoms. The molecular formula is C21H30N2O4. The first kappa shape index (κ1) is 19.8. The summed E-state index contributed by atoms with van der Waals surface area (Å²) in [7, 11) is 0. The number of nitrogens with zero attached hydrogens (tertiary/aromatic N) is 1. The van der Waals surface area contributed by atoms with Gasteiger partial charge in [-0.1, -0.05) is 12.1 Å². The highest BCUT2D eigenvalue weighted by Gasteiger charge is 2.27. The molecule has 1 aromatic carbocycles. The molecule has 6 nitrogen and oxygen atoms in total. The van der Waals surface area contributed by atoms with Gasteiger partial charge < -0.3 is 15.2 Å². The largest absolute Gasteiger partial charge is 0.481 e. The average molecular weight is 374 g/mol. The Labute approximate surface area is 160 Å². The van der Waals surface area contributed by atoms with Crippen LogP contribution in [0.4, 0.5) is 0 Å². The Hall–Kier alpha value is -1.92. The van der Waals surface area contributed by atoms with E-state index >= 15 is 0 Å². The number of carboxylic acid groups (broad SMARTS) is 1. The fourth-order valence-corrected chi connectivity index (χ4v) is 4.19. The quantitative estimate of drug-likeness (QED) is 0.828. The molecule has 1 amide bonds. The second-order valence-corrected chi connectivity index (χ2v) is 8.01. The highest BCUT2D eigenvalue weighted by molar-refractivity contribution is 5.94. The number of benzene rings is 1. The minimum Gasteiger partial charge on any atom is -0.481 e. The summed E-state index contributed by atoms with van der Waals surface area (Å²) in [6.07, 6.45) is 3.22. The van der Waals surface area contributed by atoms with Crippen LogP contribution < -0.4 is 5.32 Å². The Morgan fingerprint density at radius 3 is 2.22 bits per heavy atom. The van der Waals surface area contributed by atoms with Crippen LogP contribution in [0.1, 0.15) is 55.5 Å². The molecule has 1 saturated carbocycles. The molecule has 0 aromatic heterocycles. The molecule has 2 N–H and O–H groups in total. The standard InChI is InChI=1S/C21H30N2O4/c1-14-11-23(12-15(2)27-14)13-16-3-5-17(6-4-16)20(24)22-19-9-7-18(8-10-19)21(25)26/h3-6,14-15,18-19H,7-13H2,1-2H3,(H,22,24)(H,25,26)/t14-,15-,18?,19?/m0/s1. The summed E-state index contributed by atoms with van der Waals surface area (Å²) >= 11 is 0. The van der Waals surface area contributed by atoms with E-state index in [1.54, 1.807) is 0 Å². The minimum absolute atomic E-state index is 0.0732. The third kappa shape index (κ3) is 5.53. The van der Waals surface area contributed by atoms with Gasteiger partial charge >= 0.3 is 5.97 Å². The Balaban J connectivity index is 1.49. The van der Waals surface area contributed by atoms with Gasteiger partial charge in [0.15, 0.2) is 0 Å². The summed E-state index contributed by atoms with van der Waals surface area (Å²) in [5, 5.41) is 12.1. The molecule has 1 aromatic rings. The maximum absolute atomic E-state index is 12.5. The van der Waals surface area contributed by atoms with Gasteiger partial charge in [0, 0.05) is 31.2 Å². The molecule has 148 valence electrons. The highest BCUT2D eigenvalue weighted by Crippen LogP contribution is 2.24. The van der Waals surface area contributed by atoms with Crippen LogP contribution >= 0.6 is 0 Å². The number of amides is 1. The summed E-state index contributed by atoms with van der Waals surface area (Å²) in [5.74, 6) is -1.06. The average Bonchev–Trinajstić information content (AvgIpc) is 2.62. The predicted molar refractivity (Wildman–Crippen MR) is 103 cm³/mol. The van der Waals surface area contributed by atoms with Crippen LogP contribution in [-0.2, 0) is 16.1 Å². The maximum atomic E-state index is 12.5. The molecule has 6 heteroatoms. The number of aliphatic carboxylic acids is 1. The van der Waals surface area contributed by atoms with Crippen LogP contribution in [0.2, 0.25) is 0 Å². The third-order valence-electron chi connectivity index (χ3n) is 5.53. The van der Waals surface area contributed by atoms with Crippen molar-refractivity contribution in [3.63, 3.8) is 0 Å². The van der Waals surface area contributed by atoms with E-state index in [9.17, 15) is 9.59 Å². The maximum Gasteiger partial charge on any atom is 0.306 e. The summed E-state index contributed by atoms with van der Waals surface area (Å²) in [5.41, 5.74) is 1.85. The van der Waals surface area contributed by atoms with E-state index in [-0.39, 0.29) is 30.1 Å². The van der Waals surface area contributed by atoms with Gasteiger partial charge in [-0.05, 0) is 57.2 Å². The van der Waals surface area contributed by atoms with Crippen molar-refractivity contribution in [2.45, 2.75) is 64.3 Å². The van der Waals surface area contributed by atoms with Crippen molar-refractivity contribution in [1.82, 2.24) is 10.2 Å². The first-order valence-electron chi connectivity index (χ1n) is 9.91. The molecule has 3 rings (SSSR count). The molecule has 1 saturated heterocycles. The number of nitrogens with one attached hydrogen (secondary N) is 1. The second kappa shape index (κ2) is 8.85. The van der Waals surface area contributed by atoms with E-state index in [0.717, 1.165) is 32.5 Å². The Morgan fingerprint density at radius 1 is 1.07 bits per heavy atom. The Kier molecular flexibility index (Phi) is 6.50. The van der Waals surface area contributed by atoms with Crippen molar-refractivity contribution in [2.75, 3.05) is 13.1 Å². The number of ether oxygens (including phenoxy) is 1. The monoisotopic (exact) mass is 374 g/mol. The number of carbonyl (C=O) groups excluding carboxylic acids is 1. The van der Waals surface area contributed by atoms with Crippen molar-refractivity contribution in [2.24, 2.45) is 5.92 Å². The van der Waals surface area contributed by atoms with Gasteiger partial charge in [-0.3, -0.25) is 14.5 Å². The van der Waals surface area contributed by atoms with Gasteiger partial charge in [-0.15, -0.1) is 0 Å².